The standard InChI is InChI=1S/C26H34N4O4S/c1-14(2)23(22-10-15(3)29-34-22)26(33)30-12-20(31)11-21(30)25(32)28-16(4)18-6-8-19(9-7-18)24-17(5)27-13-35-24/h6-10,13-14,16,20-21,23,25,28,31-32H,11-12H2,1-5H3. The summed E-state index contributed by atoms with van der Waals surface area (Å²) in [5.74, 6) is -0.223. The molecule has 0 bridgehead atoms. The molecule has 2 aromatic heterocycles. The number of aliphatic hydroxyl groups excluding tert-OH is 2. The highest BCUT2D eigenvalue weighted by atomic mass is 32.1. The van der Waals surface area contributed by atoms with Crippen molar-refractivity contribution in [1.29, 1.82) is 0 Å². The number of benzene rings is 1. The molecule has 1 fully saturated rings. The molecule has 35 heavy (non-hydrogen) atoms. The highest BCUT2D eigenvalue weighted by Crippen LogP contribution is 2.32. The number of rotatable bonds is 8. The number of β-amino-alcohol motifs (C(OH)–C–C–N with tert-alkyl or cyclic N) is 1. The molecule has 0 saturated carbocycles. The van der Waals surface area contributed by atoms with Gasteiger partial charge in [0.1, 0.15) is 17.9 Å². The van der Waals surface area contributed by atoms with Crippen molar-refractivity contribution in [3.05, 3.63) is 58.6 Å². The van der Waals surface area contributed by atoms with Crippen LogP contribution in [-0.4, -0.2) is 56.1 Å². The molecule has 0 radical (unpaired) electrons. The zero-order valence-electron chi connectivity index (χ0n) is 20.8. The predicted octanol–water partition coefficient (Wildman–Crippen LogP) is 3.79. The van der Waals surface area contributed by atoms with Crippen molar-refractivity contribution in [3.8, 4) is 10.4 Å². The van der Waals surface area contributed by atoms with Crippen LogP contribution in [0.3, 0.4) is 0 Å². The number of aryl methyl sites for hydroxylation is 2. The number of hydrogen-bond acceptors (Lipinski definition) is 8. The number of aliphatic hydroxyl groups is 2. The van der Waals surface area contributed by atoms with E-state index in [-0.39, 0.29) is 24.4 Å². The van der Waals surface area contributed by atoms with Gasteiger partial charge in [-0.05, 0) is 44.2 Å². The average Bonchev–Trinajstić information content (AvgIpc) is 3.53. The third kappa shape index (κ3) is 5.48. The minimum Gasteiger partial charge on any atom is -0.391 e. The molecule has 4 rings (SSSR count). The van der Waals surface area contributed by atoms with Crippen molar-refractivity contribution in [3.63, 3.8) is 0 Å². The van der Waals surface area contributed by atoms with Crippen molar-refractivity contribution in [2.24, 2.45) is 5.92 Å². The molecule has 3 aromatic rings. The van der Waals surface area contributed by atoms with E-state index >= 15 is 0 Å². The second kappa shape index (κ2) is 10.6. The Balaban J connectivity index is 1.47. The number of hydrogen-bond donors (Lipinski definition) is 3. The molecule has 1 saturated heterocycles. The van der Waals surface area contributed by atoms with Gasteiger partial charge in [-0.1, -0.05) is 43.3 Å². The number of aromatic nitrogens is 2. The van der Waals surface area contributed by atoms with E-state index in [9.17, 15) is 15.0 Å². The topological polar surface area (TPSA) is 112 Å². The van der Waals surface area contributed by atoms with Crippen molar-refractivity contribution >= 4 is 17.2 Å². The molecule has 8 nitrogen and oxygen atoms in total. The minimum absolute atomic E-state index is 0.0297. The normalized spacial score (nSPS) is 20.9. The SMILES string of the molecule is Cc1cc(C(C(=O)N2CC(O)CC2C(O)NC(C)c2ccc(-c3scnc3C)cc2)C(C)C)on1. The lowest BCUT2D eigenvalue weighted by Gasteiger charge is -2.33. The first kappa shape index (κ1) is 25.5. The van der Waals surface area contributed by atoms with Gasteiger partial charge in [-0.2, -0.15) is 0 Å². The molecule has 5 unspecified atom stereocenters. The van der Waals surface area contributed by atoms with Gasteiger partial charge in [0.05, 0.1) is 33.9 Å². The first-order chi connectivity index (χ1) is 16.7. The van der Waals surface area contributed by atoms with Crippen LogP contribution in [0.15, 0.2) is 40.4 Å². The van der Waals surface area contributed by atoms with Crippen LogP contribution < -0.4 is 5.32 Å². The molecule has 9 heteroatoms. The van der Waals surface area contributed by atoms with E-state index < -0.39 is 24.3 Å². The summed E-state index contributed by atoms with van der Waals surface area (Å²) in [7, 11) is 0. The van der Waals surface area contributed by atoms with Gasteiger partial charge in [-0.3, -0.25) is 10.1 Å². The van der Waals surface area contributed by atoms with Crippen molar-refractivity contribution in [2.45, 2.75) is 71.4 Å². The average molecular weight is 499 g/mol. The maximum Gasteiger partial charge on any atom is 0.234 e. The van der Waals surface area contributed by atoms with Gasteiger partial charge in [-0.15, -0.1) is 11.3 Å². The van der Waals surface area contributed by atoms with E-state index in [1.165, 1.54) is 0 Å². The van der Waals surface area contributed by atoms with E-state index in [0.29, 0.717) is 17.9 Å². The molecule has 5 atom stereocenters. The molecular formula is C26H34N4O4S. The molecule has 1 amide bonds. The molecule has 1 aliphatic heterocycles. The maximum atomic E-state index is 13.6. The first-order valence-electron chi connectivity index (χ1n) is 12.0. The molecule has 0 aliphatic carbocycles. The Morgan fingerprint density at radius 3 is 2.51 bits per heavy atom. The summed E-state index contributed by atoms with van der Waals surface area (Å²) in [5, 5.41) is 28.6. The molecule has 3 N–H and O–H groups in total. The Bertz CT molecular complexity index is 1140. The Morgan fingerprint density at radius 1 is 1.23 bits per heavy atom. The number of amides is 1. The number of nitrogens with one attached hydrogen (secondary N) is 1. The van der Waals surface area contributed by atoms with Crippen molar-refractivity contribution in [1.82, 2.24) is 20.4 Å². The minimum atomic E-state index is -1.00. The van der Waals surface area contributed by atoms with Crippen molar-refractivity contribution in [2.75, 3.05) is 6.54 Å². The molecule has 1 aromatic carbocycles. The summed E-state index contributed by atoms with van der Waals surface area (Å²) in [6.07, 6.45) is -1.39. The lowest BCUT2D eigenvalue weighted by atomic mass is 9.91. The number of nitrogens with zero attached hydrogens (tertiary/aromatic N) is 3. The van der Waals surface area contributed by atoms with Crippen LogP contribution in [0.25, 0.3) is 10.4 Å². The fourth-order valence-electron chi connectivity index (χ4n) is 4.81. The largest absolute Gasteiger partial charge is 0.391 e. The van der Waals surface area contributed by atoms with Crippen LogP contribution in [0.1, 0.15) is 61.9 Å². The highest BCUT2D eigenvalue weighted by Gasteiger charge is 2.43. The Labute approximate surface area is 210 Å². The number of thiazole rings is 1. The lowest BCUT2D eigenvalue weighted by molar-refractivity contribution is -0.138. The van der Waals surface area contributed by atoms with E-state index in [4.69, 9.17) is 4.52 Å². The van der Waals surface area contributed by atoms with Gasteiger partial charge in [-0.25, -0.2) is 4.98 Å². The maximum absolute atomic E-state index is 13.6. The van der Waals surface area contributed by atoms with Gasteiger partial charge in [0, 0.05) is 18.7 Å². The smallest absolute Gasteiger partial charge is 0.234 e. The van der Waals surface area contributed by atoms with E-state index in [1.54, 1.807) is 22.3 Å². The predicted molar refractivity (Wildman–Crippen MR) is 135 cm³/mol. The van der Waals surface area contributed by atoms with Gasteiger partial charge >= 0.3 is 0 Å². The van der Waals surface area contributed by atoms with Crippen LogP contribution in [0.5, 0.6) is 0 Å². The van der Waals surface area contributed by atoms with Crippen LogP contribution in [0.2, 0.25) is 0 Å². The first-order valence-corrected chi connectivity index (χ1v) is 12.9. The third-order valence-electron chi connectivity index (χ3n) is 6.69. The van der Waals surface area contributed by atoms with E-state index in [2.05, 4.69) is 27.6 Å². The summed E-state index contributed by atoms with van der Waals surface area (Å²) in [5.41, 5.74) is 5.69. The summed E-state index contributed by atoms with van der Waals surface area (Å²) in [4.78, 5) is 20.6. The Morgan fingerprint density at radius 2 is 1.94 bits per heavy atom. The van der Waals surface area contributed by atoms with Gasteiger partial charge in [0.2, 0.25) is 5.91 Å². The molecular weight excluding hydrogens is 464 g/mol. The molecule has 1 aliphatic rings. The Kier molecular flexibility index (Phi) is 7.70. The van der Waals surface area contributed by atoms with Crippen LogP contribution in [0, 0.1) is 19.8 Å². The summed E-state index contributed by atoms with van der Waals surface area (Å²) < 4.78 is 5.42. The van der Waals surface area contributed by atoms with E-state index in [1.807, 2.05) is 52.3 Å². The summed E-state index contributed by atoms with van der Waals surface area (Å²) in [6.45, 7) is 9.87. The fourth-order valence-corrected chi connectivity index (χ4v) is 5.62. The fraction of sp³-hybridized carbons (Fsp3) is 0.500. The summed E-state index contributed by atoms with van der Waals surface area (Å²) in [6, 6.07) is 9.25. The zero-order valence-corrected chi connectivity index (χ0v) is 21.6. The van der Waals surface area contributed by atoms with Crippen LogP contribution >= 0.6 is 11.3 Å². The number of carbonyl (C=O) groups excluding carboxylic acids is 1. The quantitative estimate of drug-likeness (QED) is 0.405. The second-order valence-electron chi connectivity index (χ2n) is 9.76. The number of likely N-dealkylation sites (tertiary alicyclic amines) is 1. The van der Waals surface area contributed by atoms with Crippen LogP contribution in [0.4, 0.5) is 0 Å². The van der Waals surface area contributed by atoms with Crippen LogP contribution in [-0.2, 0) is 4.79 Å². The number of carbonyl (C=O) groups is 1. The summed E-state index contributed by atoms with van der Waals surface area (Å²) >= 11 is 1.61. The highest BCUT2D eigenvalue weighted by molar-refractivity contribution is 7.13. The van der Waals surface area contributed by atoms with Gasteiger partial charge in [0.25, 0.3) is 0 Å². The van der Waals surface area contributed by atoms with Crippen molar-refractivity contribution < 1.29 is 19.5 Å². The molecule has 188 valence electrons. The van der Waals surface area contributed by atoms with Gasteiger partial charge < -0.3 is 19.6 Å². The zero-order chi connectivity index (χ0) is 25.3. The second-order valence-corrected chi connectivity index (χ2v) is 10.6. The Hall–Kier alpha value is -2.59. The lowest BCUT2D eigenvalue weighted by Crippen LogP contribution is -2.51. The van der Waals surface area contributed by atoms with Gasteiger partial charge in [0.15, 0.2) is 0 Å². The van der Waals surface area contributed by atoms with E-state index in [0.717, 1.165) is 21.7 Å². The monoisotopic (exact) mass is 498 g/mol. The molecule has 0 spiro atoms. The third-order valence-corrected chi connectivity index (χ3v) is 7.67. The molecule has 3 heterocycles.